The largest absolute Gasteiger partial charge is 0.271 e. The zero-order chi connectivity index (χ0) is 13.8. The van der Waals surface area contributed by atoms with Gasteiger partial charge in [0.25, 0.3) is 0 Å². The molecule has 0 radical (unpaired) electrons. The van der Waals surface area contributed by atoms with Gasteiger partial charge in [0.1, 0.15) is 0 Å². The van der Waals surface area contributed by atoms with Gasteiger partial charge < -0.3 is 0 Å². The molecule has 0 aliphatic carbocycles. The Morgan fingerprint density at radius 1 is 1.11 bits per heavy atom. The minimum Gasteiger partial charge on any atom is -0.271 e. The summed E-state index contributed by atoms with van der Waals surface area (Å²) in [5.74, 6) is 5.72. The van der Waals surface area contributed by atoms with E-state index in [1.807, 2.05) is 12.1 Å². The Hall–Kier alpha value is -0.680. The van der Waals surface area contributed by atoms with Gasteiger partial charge in [0, 0.05) is 8.95 Å². The van der Waals surface area contributed by atoms with Crippen molar-refractivity contribution >= 4 is 31.9 Å². The first-order valence-corrected chi connectivity index (χ1v) is 7.66. The van der Waals surface area contributed by atoms with Crippen LogP contribution in [0, 0.1) is 6.92 Å². The second-order valence-electron chi connectivity index (χ2n) is 4.53. The molecule has 2 aromatic carbocycles. The van der Waals surface area contributed by atoms with Gasteiger partial charge in [-0.15, -0.1) is 0 Å². The van der Waals surface area contributed by atoms with Crippen molar-refractivity contribution < 1.29 is 0 Å². The van der Waals surface area contributed by atoms with Gasteiger partial charge in [-0.25, -0.2) is 0 Å². The number of aryl methyl sites for hydroxylation is 1. The number of rotatable bonds is 4. The normalized spacial score (nSPS) is 12.4. The van der Waals surface area contributed by atoms with Crippen LogP contribution < -0.4 is 11.3 Å². The fraction of sp³-hybridized carbons (Fsp3) is 0.200. The van der Waals surface area contributed by atoms with E-state index in [0.29, 0.717) is 0 Å². The molecule has 2 rings (SSSR count). The summed E-state index contributed by atoms with van der Waals surface area (Å²) in [5.41, 5.74) is 6.56. The molecule has 0 saturated carbocycles. The fourth-order valence-electron chi connectivity index (χ4n) is 2.05. The summed E-state index contributed by atoms with van der Waals surface area (Å²) in [6.07, 6.45) is 0.853. The minimum absolute atomic E-state index is 0.0930. The Balaban J connectivity index is 2.25. The van der Waals surface area contributed by atoms with Crippen molar-refractivity contribution in [3.05, 3.63) is 68.1 Å². The van der Waals surface area contributed by atoms with Crippen LogP contribution in [0.15, 0.2) is 51.4 Å². The topological polar surface area (TPSA) is 38.0 Å². The summed E-state index contributed by atoms with van der Waals surface area (Å²) in [5, 5.41) is 0. The number of nitrogens with one attached hydrogen (secondary N) is 1. The molecule has 3 N–H and O–H groups in total. The lowest BCUT2D eigenvalue weighted by Crippen LogP contribution is -2.30. The first-order valence-electron chi connectivity index (χ1n) is 6.07. The van der Waals surface area contributed by atoms with Gasteiger partial charge >= 0.3 is 0 Å². The molecule has 0 heterocycles. The Morgan fingerprint density at radius 2 is 1.79 bits per heavy atom. The molecule has 0 amide bonds. The van der Waals surface area contributed by atoms with Crippen LogP contribution in [0.5, 0.6) is 0 Å². The third kappa shape index (κ3) is 3.66. The molecule has 0 spiro atoms. The smallest absolute Gasteiger partial charge is 0.0511 e. The highest BCUT2D eigenvalue weighted by Crippen LogP contribution is 2.28. The van der Waals surface area contributed by atoms with Crippen LogP contribution in [-0.2, 0) is 6.42 Å². The molecule has 0 aliphatic rings. The quantitative estimate of drug-likeness (QED) is 0.611. The Bertz CT molecular complexity index is 553. The SMILES string of the molecule is Cc1cccc(C(Cc2ccc(Br)cc2)NN)c1Br. The molecule has 2 aromatic rings. The zero-order valence-corrected chi connectivity index (χ0v) is 13.8. The molecule has 19 heavy (non-hydrogen) atoms. The molecule has 100 valence electrons. The van der Waals surface area contributed by atoms with Crippen molar-refractivity contribution in [3.8, 4) is 0 Å². The van der Waals surface area contributed by atoms with Gasteiger partial charge in [0.05, 0.1) is 6.04 Å². The summed E-state index contributed by atoms with van der Waals surface area (Å²) >= 11 is 7.09. The Morgan fingerprint density at radius 3 is 2.42 bits per heavy atom. The molecule has 0 bridgehead atoms. The summed E-state index contributed by atoms with van der Waals surface area (Å²) in [7, 11) is 0. The molecule has 2 nitrogen and oxygen atoms in total. The monoisotopic (exact) mass is 382 g/mol. The molecule has 0 saturated heterocycles. The predicted molar refractivity (Wildman–Crippen MR) is 86.8 cm³/mol. The van der Waals surface area contributed by atoms with Gasteiger partial charge in [-0.3, -0.25) is 11.3 Å². The maximum absolute atomic E-state index is 5.72. The lowest BCUT2D eigenvalue weighted by atomic mass is 9.98. The highest BCUT2D eigenvalue weighted by atomic mass is 79.9. The van der Waals surface area contributed by atoms with E-state index in [4.69, 9.17) is 5.84 Å². The maximum Gasteiger partial charge on any atom is 0.0511 e. The van der Waals surface area contributed by atoms with Crippen molar-refractivity contribution in [3.63, 3.8) is 0 Å². The fourth-order valence-corrected chi connectivity index (χ4v) is 2.86. The third-order valence-corrected chi connectivity index (χ3v) is 4.76. The Labute approximate surface area is 130 Å². The van der Waals surface area contributed by atoms with Crippen LogP contribution in [-0.4, -0.2) is 0 Å². The second kappa shape index (κ2) is 6.66. The van der Waals surface area contributed by atoms with E-state index >= 15 is 0 Å². The molecular weight excluding hydrogens is 368 g/mol. The van der Waals surface area contributed by atoms with Crippen LogP contribution >= 0.6 is 31.9 Å². The average Bonchev–Trinajstić information content (AvgIpc) is 2.42. The summed E-state index contributed by atoms with van der Waals surface area (Å²) < 4.78 is 2.21. The number of hydrogen-bond donors (Lipinski definition) is 2. The number of halogens is 2. The highest BCUT2D eigenvalue weighted by molar-refractivity contribution is 9.10. The molecular formula is C15H16Br2N2. The van der Waals surface area contributed by atoms with Crippen molar-refractivity contribution in [2.24, 2.45) is 5.84 Å². The van der Waals surface area contributed by atoms with Gasteiger partial charge in [0.15, 0.2) is 0 Å². The number of benzene rings is 2. The van der Waals surface area contributed by atoms with Gasteiger partial charge in [-0.2, -0.15) is 0 Å². The van der Waals surface area contributed by atoms with Crippen LogP contribution in [0.2, 0.25) is 0 Å². The minimum atomic E-state index is 0.0930. The molecule has 0 aliphatic heterocycles. The number of hydrazine groups is 1. The van der Waals surface area contributed by atoms with Crippen LogP contribution in [0.25, 0.3) is 0 Å². The molecule has 0 aromatic heterocycles. The van der Waals surface area contributed by atoms with Crippen molar-refractivity contribution in [2.45, 2.75) is 19.4 Å². The second-order valence-corrected chi connectivity index (χ2v) is 6.24. The van der Waals surface area contributed by atoms with Crippen LogP contribution in [0.1, 0.15) is 22.7 Å². The van der Waals surface area contributed by atoms with E-state index < -0.39 is 0 Å². The standard InChI is InChI=1S/C15H16Br2N2/c1-10-3-2-4-13(15(10)17)14(19-18)9-11-5-7-12(16)8-6-11/h2-8,14,19H,9,18H2,1H3. The maximum atomic E-state index is 5.72. The highest BCUT2D eigenvalue weighted by Gasteiger charge is 2.14. The summed E-state index contributed by atoms with van der Waals surface area (Å²) in [4.78, 5) is 0. The van der Waals surface area contributed by atoms with Crippen molar-refractivity contribution in [2.75, 3.05) is 0 Å². The number of hydrogen-bond acceptors (Lipinski definition) is 2. The lowest BCUT2D eigenvalue weighted by Gasteiger charge is -2.19. The predicted octanol–water partition coefficient (Wildman–Crippen LogP) is 4.27. The first kappa shape index (κ1) is 14.7. The molecule has 1 atom stereocenters. The molecule has 1 unspecified atom stereocenters. The van der Waals surface area contributed by atoms with Gasteiger partial charge in [-0.1, -0.05) is 62.2 Å². The van der Waals surface area contributed by atoms with E-state index in [1.165, 1.54) is 16.7 Å². The summed E-state index contributed by atoms with van der Waals surface area (Å²) in [6, 6.07) is 14.6. The van der Waals surface area contributed by atoms with Gasteiger partial charge in [0.2, 0.25) is 0 Å². The van der Waals surface area contributed by atoms with E-state index in [9.17, 15) is 0 Å². The van der Waals surface area contributed by atoms with Crippen LogP contribution in [0.4, 0.5) is 0 Å². The molecule has 4 heteroatoms. The van der Waals surface area contributed by atoms with Crippen molar-refractivity contribution in [1.82, 2.24) is 5.43 Å². The van der Waals surface area contributed by atoms with E-state index in [-0.39, 0.29) is 6.04 Å². The molecule has 0 fully saturated rings. The first-order chi connectivity index (χ1) is 9.11. The summed E-state index contributed by atoms with van der Waals surface area (Å²) in [6.45, 7) is 2.08. The van der Waals surface area contributed by atoms with E-state index in [2.05, 4.69) is 74.5 Å². The third-order valence-electron chi connectivity index (χ3n) is 3.15. The average molecular weight is 384 g/mol. The van der Waals surface area contributed by atoms with E-state index in [0.717, 1.165) is 15.4 Å². The van der Waals surface area contributed by atoms with Crippen molar-refractivity contribution in [1.29, 1.82) is 0 Å². The number of nitrogens with two attached hydrogens (primary N) is 1. The lowest BCUT2D eigenvalue weighted by molar-refractivity contribution is 0.549. The Kier molecular flexibility index (Phi) is 5.16. The van der Waals surface area contributed by atoms with Gasteiger partial charge in [-0.05, 0) is 42.2 Å². The zero-order valence-electron chi connectivity index (χ0n) is 10.7. The van der Waals surface area contributed by atoms with E-state index in [1.54, 1.807) is 0 Å². The van der Waals surface area contributed by atoms with Crippen LogP contribution in [0.3, 0.4) is 0 Å².